The number of thiazole rings is 1. The molecule has 0 aliphatic carbocycles. The highest BCUT2D eigenvalue weighted by molar-refractivity contribution is 9.10. The number of alkyl halides is 3. The van der Waals surface area contributed by atoms with Crippen LogP contribution >= 0.6 is 27.3 Å². The van der Waals surface area contributed by atoms with Gasteiger partial charge in [-0.25, -0.2) is 9.79 Å². The van der Waals surface area contributed by atoms with Gasteiger partial charge in [-0.3, -0.25) is 19.5 Å². The first-order chi connectivity index (χ1) is 21.8. The first kappa shape index (κ1) is 32.6. The molecule has 1 atom stereocenters. The molecule has 0 N–H and O–H groups in total. The molecule has 10 nitrogen and oxygen atoms in total. The lowest BCUT2D eigenvalue weighted by atomic mass is 9.95. The van der Waals surface area contributed by atoms with E-state index in [0.29, 0.717) is 33.6 Å². The highest BCUT2D eigenvalue weighted by atomic mass is 79.9. The highest BCUT2D eigenvalue weighted by Gasteiger charge is 2.36. The fourth-order valence-electron chi connectivity index (χ4n) is 4.89. The number of nitrogens with zero attached hydrogens (tertiary/aromatic N) is 3. The minimum atomic E-state index is -4.80. The van der Waals surface area contributed by atoms with Crippen molar-refractivity contribution in [2.24, 2.45) is 4.99 Å². The van der Waals surface area contributed by atoms with E-state index < -0.39 is 45.7 Å². The van der Waals surface area contributed by atoms with Crippen LogP contribution in [0.3, 0.4) is 0 Å². The minimum Gasteiger partial charge on any atom is -0.496 e. The van der Waals surface area contributed by atoms with Crippen molar-refractivity contribution in [3.05, 3.63) is 123 Å². The largest absolute Gasteiger partial charge is 0.496 e. The van der Waals surface area contributed by atoms with Gasteiger partial charge in [0.2, 0.25) is 5.75 Å². The smallest absolute Gasteiger partial charge is 0.416 e. The van der Waals surface area contributed by atoms with Gasteiger partial charge in [0.15, 0.2) is 4.80 Å². The molecular formula is C31H23BrF3N3O7S. The Kier molecular flexibility index (Phi) is 9.17. The van der Waals surface area contributed by atoms with E-state index in [9.17, 15) is 32.9 Å². The van der Waals surface area contributed by atoms with Crippen LogP contribution in [-0.4, -0.2) is 29.2 Å². The molecule has 1 aliphatic rings. The SMILES string of the molecule is CCOC(=O)C1=C(C)N=c2s/c(=C\c3cc(Br)ccc3Oc3ccc(C(F)(F)F)cc3[N+](=O)[O-])c(=O)n2C1c1ccccc1OC. The number of carbonyl (C=O) groups excluding carboxylic acids is 1. The summed E-state index contributed by atoms with van der Waals surface area (Å²) in [6.07, 6.45) is -3.32. The van der Waals surface area contributed by atoms with E-state index >= 15 is 0 Å². The lowest BCUT2D eigenvalue weighted by molar-refractivity contribution is -0.385. The van der Waals surface area contributed by atoms with E-state index in [0.717, 1.165) is 17.4 Å². The number of halogens is 4. The van der Waals surface area contributed by atoms with Gasteiger partial charge in [0.1, 0.15) is 17.5 Å². The zero-order valence-electron chi connectivity index (χ0n) is 24.3. The van der Waals surface area contributed by atoms with Gasteiger partial charge in [0.25, 0.3) is 5.56 Å². The van der Waals surface area contributed by atoms with Gasteiger partial charge in [0, 0.05) is 21.7 Å². The summed E-state index contributed by atoms with van der Waals surface area (Å²) in [5.74, 6) is -0.613. The van der Waals surface area contributed by atoms with Gasteiger partial charge in [-0.1, -0.05) is 45.5 Å². The molecule has 0 saturated heterocycles. The van der Waals surface area contributed by atoms with Crippen LogP contribution < -0.4 is 24.4 Å². The van der Waals surface area contributed by atoms with E-state index in [1.807, 2.05) is 0 Å². The summed E-state index contributed by atoms with van der Waals surface area (Å²) >= 11 is 4.39. The van der Waals surface area contributed by atoms with Crippen molar-refractivity contribution in [2.45, 2.75) is 26.1 Å². The number of para-hydroxylation sites is 1. The number of allylic oxidation sites excluding steroid dienone is 1. The second kappa shape index (κ2) is 12.9. The van der Waals surface area contributed by atoms with E-state index in [1.165, 1.54) is 23.8 Å². The van der Waals surface area contributed by atoms with Gasteiger partial charge in [-0.15, -0.1) is 0 Å². The molecule has 0 radical (unpaired) electrons. The standard InChI is InChI=1S/C31H23BrF3N3O7S/c1-4-44-29(40)26-16(2)36-30-37(27(26)20-7-5-6-8-23(20)43-3)28(39)25(46-30)14-17-13-19(32)10-12-22(17)45-24-11-9-18(31(33,34)35)15-21(24)38(41)42/h5-15,27H,4H2,1-3H3/b25-14-. The zero-order valence-corrected chi connectivity index (χ0v) is 26.7. The van der Waals surface area contributed by atoms with Crippen molar-refractivity contribution in [1.82, 2.24) is 4.57 Å². The summed E-state index contributed by atoms with van der Waals surface area (Å²) in [6, 6.07) is 12.5. The maximum Gasteiger partial charge on any atom is 0.416 e. The number of ether oxygens (including phenoxy) is 3. The fraction of sp³-hybridized carbons (Fsp3) is 0.194. The maximum atomic E-state index is 14.1. The number of benzene rings is 3. The van der Waals surface area contributed by atoms with Crippen LogP contribution in [0.1, 0.15) is 36.6 Å². The van der Waals surface area contributed by atoms with Crippen molar-refractivity contribution in [1.29, 1.82) is 0 Å². The predicted molar refractivity (Wildman–Crippen MR) is 166 cm³/mol. The first-order valence-corrected chi connectivity index (χ1v) is 15.1. The van der Waals surface area contributed by atoms with E-state index in [-0.39, 0.29) is 32.8 Å². The molecular weight excluding hydrogens is 695 g/mol. The van der Waals surface area contributed by atoms with Crippen LogP contribution in [0.25, 0.3) is 6.08 Å². The summed E-state index contributed by atoms with van der Waals surface area (Å²) in [5, 5.41) is 11.7. The fourth-order valence-corrected chi connectivity index (χ4v) is 6.30. The Balaban J connectivity index is 1.68. The Hall–Kier alpha value is -4.76. The molecule has 46 heavy (non-hydrogen) atoms. The summed E-state index contributed by atoms with van der Waals surface area (Å²) in [6.45, 7) is 3.41. The number of fused-ring (bicyclic) bond motifs is 1. The van der Waals surface area contributed by atoms with E-state index in [1.54, 1.807) is 50.2 Å². The average Bonchev–Trinajstić information content (AvgIpc) is 3.31. The number of aromatic nitrogens is 1. The van der Waals surface area contributed by atoms with Crippen molar-refractivity contribution in [3.63, 3.8) is 0 Å². The Morgan fingerprint density at radius 3 is 2.52 bits per heavy atom. The van der Waals surface area contributed by atoms with Crippen LogP contribution in [0.15, 0.2) is 86.2 Å². The Morgan fingerprint density at radius 2 is 1.85 bits per heavy atom. The molecule has 3 aromatic carbocycles. The third-order valence-corrected chi connectivity index (χ3v) is 8.39. The van der Waals surface area contributed by atoms with Crippen LogP contribution in [0.5, 0.6) is 17.2 Å². The van der Waals surface area contributed by atoms with Crippen LogP contribution in [0.2, 0.25) is 0 Å². The molecule has 1 aromatic heterocycles. The van der Waals surface area contributed by atoms with Crippen LogP contribution in [0, 0.1) is 10.1 Å². The third-order valence-electron chi connectivity index (χ3n) is 6.91. The summed E-state index contributed by atoms with van der Waals surface area (Å²) < 4.78 is 58.5. The predicted octanol–water partition coefficient (Wildman–Crippen LogP) is 6.29. The zero-order chi connectivity index (χ0) is 33.3. The summed E-state index contributed by atoms with van der Waals surface area (Å²) in [4.78, 5) is 42.8. The number of hydrogen-bond donors (Lipinski definition) is 0. The molecule has 0 spiro atoms. The first-order valence-electron chi connectivity index (χ1n) is 13.5. The molecule has 1 aliphatic heterocycles. The molecule has 4 aromatic rings. The topological polar surface area (TPSA) is 122 Å². The average molecular weight is 719 g/mol. The van der Waals surface area contributed by atoms with Crippen molar-refractivity contribution in [3.8, 4) is 17.2 Å². The maximum absolute atomic E-state index is 14.1. The van der Waals surface area contributed by atoms with E-state index in [4.69, 9.17) is 14.2 Å². The molecule has 0 fully saturated rings. The molecule has 15 heteroatoms. The van der Waals surface area contributed by atoms with Crippen molar-refractivity contribution < 1.29 is 37.1 Å². The number of carbonyl (C=O) groups is 1. The molecule has 1 unspecified atom stereocenters. The van der Waals surface area contributed by atoms with Gasteiger partial charge in [-0.05, 0) is 56.3 Å². The van der Waals surface area contributed by atoms with Crippen LogP contribution in [0.4, 0.5) is 18.9 Å². The van der Waals surface area contributed by atoms with Gasteiger partial charge < -0.3 is 14.2 Å². The summed E-state index contributed by atoms with van der Waals surface area (Å²) in [7, 11) is 1.47. The van der Waals surface area contributed by atoms with Crippen LogP contribution in [-0.2, 0) is 15.7 Å². The normalized spacial score (nSPS) is 14.8. The number of hydrogen-bond acceptors (Lipinski definition) is 9. The molecule has 0 saturated carbocycles. The summed E-state index contributed by atoms with van der Waals surface area (Å²) in [5.41, 5.74) is -1.29. The second-order valence-corrected chi connectivity index (χ2v) is 11.7. The Bertz CT molecular complexity index is 2090. The number of nitro groups is 1. The van der Waals surface area contributed by atoms with Crippen molar-refractivity contribution in [2.75, 3.05) is 13.7 Å². The monoisotopic (exact) mass is 717 g/mol. The molecule has 238 valence electrons. The second-order valence-electron chi connectivity index (χ2n) is 9.77. The van der Waals surface area contributed by atoms with Crippen molar-refractivity contribution >= 4 is 45.0 Å². The highest BCUT2D eigenvalue weighted by Crippen LogP contribution is 2.39. The third kappa shape index (κ3) is 6.33. The Labute approximate surface area is 271 Å². The van der Waals surface area contributed by atoms with E-state index in [2.05, 4.69) is 20.9 Å². The van der Waals surface area contributed by atoms with Gasteiger partial charge in [-0.2, -0.15) is 13.2 Å². The Morgan fingerprint density at radius 1 is 1.13 bits per heavy atom. The number of esters is 1. The number of rotatable bonds is 8. The number of nitro benzene ring substituents is 1. The lowest BCUT2D eigenvalue weighted by Crippen LogP contribution is -2.40. The molecule has 0 bridgehead atoms. The van der Waals surface area contributed by atoms with Gasteiger partial charge >= 0.3 is 17.8 Å². The lowest BCUT2D eigenvalue weighted by Gasteiger charge is -2.25. The van der Waals surface area contributed by atoms with Gasteiger partial charge in [0.05, 0.1) is 40.0 Å². The molecule has 2 heterocycles. The quantitative estimate of drug-likeness (QED) is 0.119. The number of methoxy groups -OCH3 is 1. The molecule has 5 rings (SSSR count). The minimum absolute atomic E-state index is 0.0292. The molecule has 0 amide bonds.